The Morgan fingerprint density at radius 2 is 1.17 bits per heavy atom. The number of allylic oxidation sites excluding steroid dienone is 1. The highest BCUT2D eigenvalue weighted by atomic mass is 16.5. The summed E-state index contributed by atoms with van der Waals surface area (Å²) in [6.45, 7) is 0.961. The first kappa shape index (κ1) is 23.6. The van der Waals surface area contributed by atoms with Crippen molar-refractivity contribution < 1.29 is 14.3 Å². The Morgan fingerprint density at radius 3 is 1.83 bits per heavy atom. The standard InChI is InChI=1S/C33H30O3/c34-29-14-8-7-9-25-16-19-32(35-23-27-10-3-1-4-11-27)30(21-25)31-22-26(15-18-29)17-20-33(31)36-24-28-12-5-2-6-13-28/h1-6,10-13,15-22H,7-9,14,23-24H2/b18-15-. The molecule has 0 spiro atoms. The molecular formula is C33H30O3. The third-order valence-electron chi connectivity index (χ3n) is 6.41. The normalized spacial score (nSPS) is 14.2. The lowest BCUT2D eigenvalue weighted by atomic mass is 9.97. The Hall–Kier alpha value is -4.11. The number of carbonyl (C=O) groups is 1. The number of aryl methyl sites for hydroxylation is 1. The molecule has 5 rings (SSSR count). The number of carbonyl (C=O) groups excluding carboxylic acids is 1. The fourth-order valence-corrected chi connectivity index (χ4v) is 4.43. The quantitative estimate of drug-likeness (QED) is 0.286. The van der Waals surface area contributed by atoms with Crippen molar-refractivity contribution in [2.75, 3.05) is 0 Å². The average molecular weight is 475 g/mol. The minimum Gasteiger partial charge on any atom is -0.488 e. The minimum atomic E-state index is 0.166. The zero-order chi connectivity index (χ0) is 24.6. The number of hydrogen-bond acceptors (Lipinski definition) is 3. The van der Waals surface area contributed by atoms with E-state index in [1.807, 2.05) is 54.6 Å². The Balaban J connectivity index is 1.55. The van der Waals surface area contributed by atoms with Crippen molar-refractivity contribution in [1.29, 1.82) is 0 Å². The largest absolute Gasteiger partial charge is 0.488 e. The molecule has 4 aromatic carbocycles. The van der Waals surface area contributed by atoms with Crippen molar-refractivity contribution in [3.05, 3.63) is 125 Å². The predicted molar refractivity (Wildman–Crippen MR) is 145 cm³/mol. The van der Waals surface area contributed by atoms with Gasteiger partial charge in [-0.2, -0.15) is 0 Å². The van der Waals surface area contributed by atoms with Gasteiger partial charge in [0.15, 0.2) is 5.78 Å². The van der Waals surface area contributed by atoms with Crippen molar-refractivity contribution >= 4 is 11.9 Å². The summed E-state index contributed by atoms with van der Waals surface area (Å²) in [7, 11) is 0. The maximum atomic E-state index is 12.3. The van der Waals surface area contributed by atoms with Gasteiger partial charge in [-0.05, 0) is 71.9 Å². The highest BCUT2D eigenvalue weighted by Crippen LogP contribution is 2.39. The zero-order valence-electron chi connectivity index (χ0n) is 20.4. The van der Waals surface area contributed by atoms with Crippen LogP contribution in [0.15, 0.2) is 103 Å². The second kappa shape index (κ2) is 11.5. The van der Waals surface area contributed by atoms with Crippen LogP contribution in [0.2, 0.25) is 0 Å². The second-order valence-corrected chi connectivity index (χ2v) is 9.14. The van der Waals surface area contributed by atoms with Gasteiger partial charge in [0.05, 0.1) is 0 Å². The van der Waals surface area contributed by atoms with Crippen LogP contribution in [0, 0.1) is 0 Å². The summed E-state index contributed by atoms with van der Waals surface area (Å²) >= 11 is 0. The summed E-state index contributed by atoms with van der Waals surface area (Å²) in [5.74, 6) is 1.77. The molecule has 0 aromatic heterocycles. The van der Waals surface area contributed by atoms with Crippen LogP contribution in [-0.4, -0.2) is 5.78 Å². The van der Waals surface area contributed by atoms with E-state index in [0.29, 0.717) is 19.6 Å². The van der Waals surface area contributed by atoms with Crippen molar-refractivity contribution in [1.82, 2.24) is 0 Å². The lowest BCUT2D eigenvalue weighted by molar-refractivity contribution is -0.114. The van der Waals surface area contributed by atoms with E-state index in [0.717, 1.165) is 58.6 Å². The first-order valence-electron chi connectivity index (χ1n) is 12.6. The fraction of sp³-hybridized carbons (Fsp3) is 0.182. The Bertz CT molecular complexity index is 1340. The minimum absolute atomic E-state index is 0.166. The first-order valence-corrected chi connectivity index (χ1v) is 12.6. The van der Waals surface area contributed by atoms with Crippen molar-refractivity contribution in [3.63, 3.8) is 0 Å². The van der Waals surface area contributed by atoms with E-state index in [4.69, 9.17) is 9.47 Å². The number of ketones is 1. The van der Waals surface area contributed by atoms with Crippen molar-refractivity contribution in [2.45, 2.75) is 38.9 Å². The highest BCUT2D eigenvalue weighted by Gasteiger charge is 2.15. The van der Waals surface area contributed by atoms with E-state index in [2.05, 4.69) is 48.5 Å². The monoisotopic (exact) mass is 474 g/mol. The molecule has 4 bridgehead atoms. The van der Waals surface area contributed by atoms with Crippen LogP contribution in [0.25, 0.3) is 17.2 Å². The van der Waals surface area contributed by atoms with E-state index in [-0.39, 0.29) is 5.78 Å². The maximum absolute atomic E-state index is 12.3. The van der Waals surface area contributed by atoms with Crippen LogP contribution in [-0.2, 0) is 24.4 Å². The SMILES string of the molecule is O=C1/C=C\c2ccc(OCc3ccccc3)c(c2)-c2cc(ccc2OCc2ccccc2)CCCC1. The summed E-state index contributed by atoms with van der Waals surface area (Å²) in [4.78, 5) is 12.3. The van der Waals surface area contributed by atoms with Crippen LogP contribution in [0.1, 0.15) is 41.5 Å². The van der Waals surface area contributed by atoms with E-state index < -0.39 is 0 Å². The zero-order valence-corrected chi connectivity index (χ0v) is 20.4. The fourth-order valence-electron chi connectivity index (χ4n) is 4.43. The Labute approximate surface area is 213 Å². The molecule has 3 nitrogen and oxygen atoms in total. The van der Waals surface area contributed by atoms with Crippen LogP contribution in [0.3, 0.4) is 0 Å². The van der Waals surface area contributed by atoms with Crippen LogP contribution in [0.4, 0.5) is 0 Å². The summed E-state index contributed by atoms with van der Waals surface area (Å²) < 4.78 is 12.7. The lowest BCUT2D eigenvalue weighted by Gasteiger charge is -2.18. The van der Waals surface area contributed by atoms with Gasteiger partial charge in [0.2, 0.25) is 0 Å². The molecule has 0 heterocycles. The molecule has 4 aromatic rings. The molecule has 0 atom stereocenters. The van der Waals surface area contributed by atoms with Gasteiger partial charge in [-0.3, -0.25) is 4.79 Å². The highest BCUT2D eigenvalue weighted by molar-refractivity contribution is 5.94. The van der Waals surface area contributed by atoms with E-state index >= 15 is 0 Å². The molecule has 0 aliphatic heterocycles. The lowest BCUT2D eigenvalue weighted by Crippen LogP contribution is -2.01. The molecule has 0 radical (unpaired) electrons. The maximum Gasteiger partial charge on any atom is 0.155 e. The number of ether oxygens (including phenoxy) is 2. The molecule has 36 heavy (non-hydrogen) atoms. The molecule has 3 heteroatoms. The molecule has 0 unspecified atom stereocenters. The summed E-state index contributed by atoms with van der Waals surface area (Å²) in [6.07, 6.45) is 6.95. The van der Waals surface area contributed by atoms with Crippen LogP contribution >= 0.6 is 0 Å². The molecular weight excluding hydrogens is 444 g/mol. The van der Waals surface area contributed by atoms with Crippen LogP contribution < -0.4 is 9.47 Å². The van der Waals surface area contributed by atoms with Crippen molar-refractivity contribution in [3.8, 4) is 22.6 Å². The van der Waals surface area contributed by atoms with Crippen LogP contribution in [0.5, 0.6) is 11.5 Å². The van der Waals surface area contributed by atoms with Gasteiger partial charge < -0.3 is 9.47 Å². The first-order chi connectivity index (χ1) is 17.7. The van der Waals surface area contributed by atoms with Gasteiger partial charge in [0, 0.05) is 17.5 Å². The Morgan fingerprint density at radius 1 is 0.583 bits per heavy atom. The summed E-state index contributed by atoms with van der Waals surface area (Å²) in [5.41, 5.74) is 6.39. The molecule has 0 saturated heterocycles. The van der Waals surface area contributed by atoms with E-state index in [1.54, 1.807) is 6.08 Å². The van der Waals surface area contributed by atoms with Crippen molar-refractivity contribution in [2.24, 2.45) is 0 Å². The molecule has 180 valence electrons. The van der Waals surface area contributed by atoms with Gasteiger partial charge in [-0.1, -0.05) is 78.9 Å². The third kappa shape index (κ3) is 6.11. The number of benzene rings is 4. The summed E-state index contributed by atoms with van der Waals surface area (Å²) in [6, 6.07) is 32.9. The number of hydrogen-bond donors (Lipinski definition) is 0. The molecule has 0 fully saturated rings. The second-order valence-electron chi connectivity index (χ2n) is 9.14. The van der Waals surface area contributed by atoms with Gasteiger partial charge in [0.1, 0.15) is 24.7 Å². The summed E-state index contributed by atoms with van der Waals surface area (Å²) in [5, 5.41) is 0. The molecule has 0 saturated carbocycles. The predicted octanol–water partition coefficient (Wildman–Crippen LogP) is 7.82. The number of fused-ring (bicyclic) bond motifs is 5. The van der Waals surface area contributed by atoms with Gasteiger partial charge in [-0.15, -0.1) is 0 Å². The Kier molecular flexibility index (Phi) is 7.58. The smallest absolute Gasteiger partial charge is 0.155 e. The van der Waals surface area contributed by atoms with E-state index in [1.165, 1.54) is 5.56 Å². The molecule has 0 amide bonds. The number of rotatable bonds is 6. The van der Waals surface area contributed by atoms with Gasteiger partial charge in [0.25, 0.3) is 0 Å². The molecule has 1 aliphatic rings. The third-order valence-corrected chi connectivity index (χ3v) is 6.41. The van der Waals surface area contributed by atoms with Gasteiger partial charge in [-0.25, -0.2) is 0 Å². The van der Waals surface area contributed by atoms with E-state index in [9.17, 15) is 4.79 Å². The average Bonchev–Trinajstić information content (AvgIpc) is 2.94. The van der Waals surface area contributed by atoms with Gasteiger partial charge >= 0.3 is 0 Å². The molecule has 1 aliphatic carbocycles. The topological polar surface area (TPSA) is 35.5 Å². The molecule has 0 N–H and O–H groups in total.